The Hall–Kier alpha value is -0.570. The van der Waals surface area contributed by atoms with E-state index in [0.717, 1.165) is 23.9 Å². The predicted molar refractivity (Wildman–Crippen MR) is 42.0 cm³/mol. The number of rotatable bonds is 1. The summed E-state index contributed by atoms with van der Waals surface area (Å²) in [6.07, 6.45) is 2.10. The number of carbonyl (C=O) groups is 1. The Kier molecular flexibility index (Phi) is 2.18. The lowest BCUT2D eigenvalue weighted by Crippen LogP contribution is -2.48. The van der Waals surface area contributed by atoms with Gasteiger partial charge < -0.3 is 9.22 Å². The van der Waals surface area contributed by atoms with Crippen LogP contribution in [0.1, 0.15) is 12.8 Å². The average Bonchev–Trinajstić information content (AvgIpc) is 2.28. The molecule has 0 radical (unpaired) electrons. The molecule has 1 fully saturated rings. The van der Waals surface area contributed by atoms with Crippen LogP contribution in [0.4, 0.5) is 0 Å². The number of esters is 1. The Morgan fingerprint density at radius 1 is 1.55 bits per heavy atom. The maximum absolute atomic E-state index is 11.2. The van der Waals surface area contributed by atoms with Gasteiger partial charge in [0.05, 0.1) is 27.7 Å². The summed E-state index contributed by atoms with van der Waals surface area (Å²) in [6.45, 7) is 1.08. The van der Waals surface area contributed by atoms with Crippen molar-refractivity contribution in [3.63, 3.8) is 0 Å². The third kappa shape index (κ3) is 1.53. The number of carbonyl (C=O) groups excluding carboxylic acids is 1. The second kappa shape index (κ2) is 2.81. The van der Waals surface area contributed by atoms with E-state index >= 15 is 0 Å². The fourth-order valence-electron chi connectivity index (χ4n) is 1.74. The summed E-state index contributed by atoms with van der Waals surface area (Å²) in [4.78, 5) is 11.2. The first-order valence-corrected chi connectivity index (χ1v) is 3.98. The van der Waals surface area contributed by atoms with E-state index in [1.807, 2.05) is 0 Å². The molecule has 3 nitrogen and oxygen atoms in total. The first-order chi connectivity index (χ1) is 5.08. The summed E-state index contributed by atoms with van der Waals surface area (Å²) < 4.78 is 5.50. The van der Waals surface area contributed by atoms with Crippen LogP contribution >= 0.6 is 0 Å². The Bertz CT molecular complexity index is 165. The molecule has 1 unspecified atom stereocenters. The van der Waals surface area contributed by atoms with Gasteiger partial charge in [0.25, 0.3) is 0 Å². The third-order valence-corrected chi connectivity index (χ3v) is 2.53. The van der Waals surface area contributed by atoms with Crippen LogP contribution in [0.5, 0.6) is 0 Å². The lowest BCUT2D eigenvalue weighted by Gasteiger charge is -2.29. The first kappa shape index (κ1) is 8.53. The van der Waals surface area contributed by atoms with Gasteiger partial charge in [-0.2, -0.15) is 0 Å². The Labute approximate surface area is 67.5 Å². The van der Waals surface area contributed by atoms with E-state index in [2.05, 4.69) is 14.1 Å². The summed E-state index contributed by atoms with van der Waals surface area (Å²) in [5.74, 6) is -0.0625. The predicted octanol–water partition coefficient (Wildman–Crippen LogP) is 0.398. The molecule has 1 rings (SSSR count). The maximum atomic E-state index is 11.2. The maximum Gasteiger partial charge on any atom is 0.364 e. The number of hydrogen-bond donors (Lipinski definition) is 0. The van der Waals surface area contributed by atoms with Gasteiger partial charge in [0.2, 0.25) is 0 Å². The number of likely N-dealkylation sites (N-methyl/N-ethyl adjacent to an activating group) is 1. The van der Waals surface area contributed by atoms with Crippen molar-refractivity contribution in [3.8, 4) is 0 Å². The average molecular weight is 158 g/mol. The molecule has 1 atom stereocenters. The summed E-state index contributed by atoms with van der Waals surface area (Å²) in [5.41, 5.74) is 0. The molecule has 1 aliphatic heterocycles. The van der Waals surface area contributed by atoms with Crippen molar-refractivity contribution >= 4 is 5.97 Å². The zero-order chi connectivity index (χ0) is 8.48. The lowest BCUT2D eigenvalue weighted by atomic mass is 10.2. The summed E-state index contributed by atoms with van der Waals surface area (Å²) in [5, 5.41) is 0. The molecule has 3 heteroatoms. The first-order valence-electron chi connectivity index (χ1n) is 3.98. The van der Waals surface area contributed by atoms with Gasteiger partial charge in [-0.3, -0.25) is 0 Å². The highest BCUT2D eigenvalue weighted by molar-refractivity contribution is 5.74. The molecule has 0 aromatic heterocycles. The second-order valence-electron chi connectivity index (χ2n) is 3.68. The second-order valence-corrected chi connectivity index (χ2v) is 3.68. The molecule has 0 amide bonds. The highest BCUT2D eigenvalue weighted by Crippen LogP contribution is 2.22. The smallest absolute Gasteiger partial charge is 0.364 e. The minimum absolute atomic E-state index is 0.0625. The Balaban J connectivity index is 2.64. The highest BCUT2D eigenvalue weighted by Gasteiger charge is 2.40. The van der Waals surface area contributed by atoms with Crippen LogP contribution in [-0.4, -0.2) is 44.2 Å². The van der Waals surface area contributed by atoms with E-state index in [0.29, 0.717) is 0 Å². The van der Waals surface area contributed by atoms with E-state index in [1.165, 1.54) is 7.11 Å². The van der Waals surface area contributed by atoms with Gasteiger partial charge in [0, 0.05) is 12.8 Å². The number of methoxy groups -OCH3 is 1. The van der Waals surface area contributed by atoms with Crippen LogP contribution in [0.3, 0.4) is 0 Å². The van der Waals surface area contributed by atoms with Crippen molar-refractivity contribution in [3.05, 3.63) is 0 Å². The summed E-state index contributed by atoms with van der Waals surface area (Å²) >= 11 is 0. The molecule has 1 saturated heterocycles. The number of likely N-dealkylation sites (tertiary alicyclic amines) is 1. The molecule has 64 valence electrons. The zero-order valence-electron chi connectivity index (χ0n) is 7.46. The van der Waals surface area contributed by atoms with Gasteiger partial charge in [0.1, 0.15) is 0 Å². The highest BCUT2D eigenvalue weighted by atomic mass is 16.5. The van der Waals surface area contributed by atoms with Crippen LogP contribution in [0.15, 0.2) is 0 Å². The molecular weight excluding hydrogens is 142 g/mol. The van der Waals surface area contributed by atoms with Gasteiger partial charge in [-0.25, -0.2) is 4.79 Å². The third-order valence-electron chi connectivity index (χ3n) is 2.53. The van der Waals surface area contributed by atoms with E-state index in [9.17, 15) is 4.79 Å². The van der Waals surface area contributed by atoms with Crippen LogP contribution < -0.4 is 0 Å². The largest absolute Gasteiger partial charge is 0.465 e. The zero-order valence-corrected chi connectivity index (χ0v) is 7.46. The normalized spacial score (nSPS) is 28.5. The van der Waals surface area contributed by atoms with E-state index < -0.39 is 0 Å². The Morgan fingerprint density at radius 3 is 2.55 bits per heavy atom. The SMILES string of the molecule is COC(=O)C1CCC[N+]1(C)C. The fraction of sp³-hybridized carbons (Fsp3) is 0.875. The van der Waals surface area contributed by atoms with Crippen LogP contribution in [0, 0.1) is 0 Å². The van der Waals surface area contributed by atoms with E-state index in [1.54, 1.807) is 0 Å². The quantitative estimate of drug-likeness (QED) is 0.408. The molecule has 0 N–H and O–H groups in total. The monoisotopic (exact) mass is 158 g/mol. The lowest BCUT2D eigenvalue weighted by molar-refractivity contribution is -0.893. The minimum atomic E-state index is -0.0625. The molecule has 0 bridgehead atoms. The minimum Gasteiger partial charge on any atom is -0.465 e. The van der Waals surface area contributed by atoms with Gasteiger partial charge in [-0.1, -0.05) is 0 Å². The van der Waals surface area contributed by atoms with Crippen LogP contribution in [0.2, 0.25) is 0 Å². The van der Waals surface area contributed by atoms with Crippen LogP contribution in [-0.2, 0) is 9.53 Å². The van der Waals surface area contributed by atoms with Gasteiger partial charge in [0.15, 0.2) is 6.04 Å². The van der Waals surface area contributed by atoms with Gasteiger partial charge in [-0.05, 0) is 0 Å². The molecule has 0 aromatic rings. The molecule has 0 aliphatic carbocycles. The fourth-order valence-corrected chi connectivity index (χ4v) is 1.74. The molecule has 0 saturated carbocycles. The summed E-state index contributed by atoms with van der Waals surface area (Å²) in [6, 6.07) is 0.0694. The molecule has 0 spiro atoms. The molecule has 1 heterocycles. The molecule has 1 aliphatic rings. The van der Waals surface area contributed by atoms with Crippen molar-refractivity contribution in [1.82, 2.24) is 0 Å². The van der Waals surface area contributed by atoms with E-state index in [4.69, 9.17) is 4.74 Å². The summed E-state index contributed by atoms with van der Waals surface area (Å²) in [7, 11) is 5.61. The van der Waals surface area contributed by atoms with Crippen LogP contribution in [0.25, 0.3) is 0 Å². The molecular formula is C8H16NO2+. The van der Waals surface area contributed by atoms with Crippen molar-refractivity contribution in [2.45, 2.75) is 18.9 Å². The van der Waals surface area contributed by atoms with Crippen molar-refractivity contribution < 1.29 is 14.0 Å². The number of hydrogen-bond acceptors (Lipinski definition) is 2. The number of quaternary nitrogens is 1. The van der Waals surface area contributed by atoms with Crippen molar-refractivity contribution in [2.24, 2.45) is 0 Å². The van der Waals surface area contributed by atoms with Crippen molar-refractivity contribution in [1.29, 1.82) is 0 Å². The molecule has 0 aromatic carbocycles. The van der Waals surface area contributed by atoms with Gasteiger partial charge in [-0.15, -0.1) is 0 Å². The number of nitrogens with zero attached hydrogens (tertiary/aromatic N) is 1. The van der Waals surface area contributed by atoms with Crippen molar-refractivity contribution in [2.75, 3.05) is 27.7 Å². The van der Waals surface area contributed by atoms with Gasteiger partial charge >= 0.3 is 5.97 Å². The number of ether oxygens (including phenoxy) is 1. The standard InChI is InChI=1S/C8H16NO2/c1-9(2)6-4-5-7(9)8(10)11-3/h7H,4-6H2,1-3H3/q+1. The van der Waals surface area contributed by atoms with E-state index in [-0.39, 0.29) is 12.0 Å². The Morgan fingerprint density at radius 2 is 2.18 bits per heavy atom. The topological polar surface area (TPSA) is 26.3 Å². The molecule has 11 heavy (non-hydrogen) atoms.